The van der Waals surface area contributed by atoms with Crippen molar-refractivity contribution in [1.29, 1.82) is 0 Å². The van der Waals surface area contributed by atoms with Gasteiger partial charge in [-0.25, -0.2) is 0 Å². The highest BCUT2D eigenvalue weighted by Gasteiger charge is 2.46. The largest absolute Gasteiger partial charge is 0.481 e. The number of nitrogens with zero attached hydrogens (tertiary/aromatic N) is 2. The second-order valence-electron chi connectivity index (χ2n) is 9.71. The SMILES string of the molecule is CN1CC(c2ccc3c(c2Oc2ccccc2)N(Cc2ccccc2)C(=O)CO3)C2CCNC2C1=O. The van der Waals surface area contributed by atoms with Crippen molar-refractivity contribution in [2.24, 2.45) is 5.92 Å². The number of likely N-dealkylation sites (tertiary alicyclic amines) is 1. The van der Waals surface area contributed by atoms with Crippen LogP contribution in [0.4, 0.5) is 5.69 Å². The van der Waals surface area contributed by atoms with Crippen LogP contribution in [-0.4, -0.2) is 49.5 Å². The van der Waals surface area contributed by atoms with E-state index in [1.165, 1.54) is 0 Å². The number of hydrogen-bond donors (Lipinski definition) is 1. The molecule has 7 nitrogen and oxygen atoms in total. The van der Waals surface area contributed by atoms with Crippen molar-refractivity contribution >= 4 is 17.5 Å². The van der Waals surface area contributed by atoms with E-state index < -0.39 is 0 Å². The van der Waals surface area contributed by atoms with Gasteiger partial charge in [0.2, 0.25) is 5.91 Å². The molecule has 0 saturated carbocycles. The number of ether oxygens (including phenoxy) is 2. The summed E-state index contributed by atoms with van der Waals surface area (Å²) in [5.41, 5.74) is 2.67. The molecule has 3 aromatic rings. The molecule has 3 aliphatic rings. The highest BCUT2D eigenvalue weighted by atomic mass is 16.5. The maximum Gasteiger partial charge on any atom is 0.265 e. The first-order valence-electron chi connectivity index (χ1n) is 12.5. The van der Waals surface area contributed by atoms with E-state index in [0.717, 1.165) is 24.1 Å². The lowest BCUT2D eigenvalue weighted by Gasteiger charge is -2.40. The fourth-order valence-electron chi connectivity index (χ4n) is 5.74. The van der Waals surface area contributed by atoms with Crippen molar-refractivity contribution in [2.75, 3.05) is 31.6 Å². The molecular weight excluding hydrogens is 454 g/mol. The van der Waals surface area contributed by atoms with Gasteiger partial charge in [0, 0.05) is 25.1 Å². The molecule has 2 saturated heterocycles. The molecule has 0 radical (unpaired) electrons. The van der Waals surface area contributed by atoms with Gasteiger partial charge < -0.3 is 19.7 Å². The van der Waals surface area contributed by atoms with Crippen molar-refractivity contribution in [1.82, 2.24) is 10.2 Å². The maximum atomic E-state index is 13.2. The van der Waals surface area contributed by atoms with Gasteiger partial charge in [-0.15, -0.1) is 0 Å². The van der Waals surface area contributed by atoms with Crippen LogP contribution in [0.25, 0.3) is 0 Å². The third-order valence-corrected chi connectivity index (χ3v) is 7.49. The topological polar surface area (TPSA) is 71.1 Å². The molecule has 1 N–H and O–H groups in total. The van der Waals surface area contributed by atoms with Gasteiger partial charge in [0.25, 0.3) is 5.91 Å². The molecule has 3 heterocycles. The molecule has 3 aliphatic heterocycles. The van der Waals surface area contributed by atoms with Crippen LogP contribution in [0.15, 0.2) is 72.8 Å². The molecule has 36 heavy (non-hydrogen) atoms. The number of carbonyl (C=O) groups excluding carboxylic acids is 2. The van der Waals surface area contributed by atoms with Crippen molar-refractivity contribution in [3.63, 3.8) is 0 Å². The lowest BCUT2D eigenvalue weighted by Crippen LogP contribution is -2.53. The molecule has 2 amide bonds. The Balaban J connectivity index is 1.50. The van der Waals surface area contributed by atoms with E-state index >= 15 is 0 Å². The van der Waals surface area contributed by atoms with Crippen molar-refractivity contribution in [3.8, 4) is 17.2 Å². The van der Waals surface area contributed by atoms with E-state index in [0.29, 0.717) is 36.0 Å². The summed E-state index contributed by atoms with van der Waals surface area (Å²) in [4.78, 5) is 29.6. The van der Waals surface area contributed by atoms with E-state index in [-0.39, 0.29) is 36.3 Å². The number of fused-ring (bicyclic) bond motifs is 2. The Kier molecular flexibility index (Phi) is 5.85. The van der Waals surface area contributed by atoms with Gasteiger partial charge in [-0.3, -0.25) is 14.5 Å². The summed E-state index contributed by atoms with van der Waals surface area (Å²) in [6, 6.07) is 23.4. The highest BCUT2D eigenvalue weighted by Crippen LogP contribution is 2.50. The zero-order chi connectivity index (χ0) is 24.6. The average molecular weight is 484 g/mol. The molecule has 6 rings (SSSR count). The van der Waals surface area contributed by atoms with Crippen molar-refractivity contribution in [3.05, 3.63) is 83.9 Å². The first-order chi connectivity index (χ1) is 17.6. The van der Waals surface area contributed by atoms with Gasteiger partial charge in [-0.2, -0.15) is 0 Å². The van der Waals surface area contributed by atoms with Crippen LogP contribution in [0, 0.1) is 5.92 Å². The summed E-state index contributed by atoms with van der Waals surface area (Å²) in [6.07, 6.45) is 0.917. The number of amides is 2. The molecule has 3 aromatic carbocycles. The number of hydrogen-bond acceptors (Lipinski definition) is 5. The number of anilines is 1. The van der Waals surface area contributed by atoms with Crippen LogP contribution < -0.4 is 19.7 Å². The molecule has 3 atom stereocenters. The number of nitrogens with one attached hydrogen (secondary N) is 1. The first kappa shape index (κ1) is 22.6. The molecule has 0 aliphatic carbocycles. The van der Waals surface area contributed by atoms with Gasteiger partial charge in [0.1, 0.15) is 17.2 Å². The van der Waals surface area contributed by atoms with Crippen molar-refractivity contribution in [2.45, 2.75) is 24.9 Å². The standard InChI is InChI=1S/C29H29N3O4/c1-31-17-23(21-14-15-30-26(21)29(31)34)22-12-13-24-27(28(22)36-20-10-6-3-7-11-20)32(25(33)18-35-24)16-19-8-4-2-5-9-19/h2-13,21,23,26,30H,14-18H2,1H3. The van der Waals surface area contributed by atoms with Crippen LogP contribution in [-0.2, 0) is 16.1 Å². The van der Waals surface area contributed by atoms with Crippen molar-refractivity contribution < 1.29 is 19.1 Å². The Morgan fingerprint density at radius 3 is 2.53 bits per heavy atom. The number of para-hydroxylation sites is 1. The molecule has 184 valence electrons. The number of likely N-dealkylation sites (N-methyl/N-ethyl adjacent to an activating group) is 1. The third-order valence-electron chi connectivity index (χ3n) is 7.49. The van der Waals surface area contributed by atoms with Crippen LogP contribution in [0.3, 0.4) is 0 Å². The fourth-order valence-corrected chi connectivity index (χ4v) is 5.74. The maximum absolute atomic E-state index is 13.2. The van der Waals surface area contributed by atoms with E-state index in [1.807, 2.05) is 73.8 Å². The molecule has 3 unspecified atom stereocenters. The minimum Gasteiger partial charge on any atom is -0.481 e. The van der Waals surface area contributed by atoms with Crippen LogP contribution in [0.5, 0.6) is 17.2 Å². The van der Waals surface area contributed by atoms with E-state index in [2.05, 4.69) is 11.4 Å². The molecular formula is C29H29N3O4. The number of rotatable bonds is 5. The summed E-state index contributed by atoms with van der Waals surface area (Å²) >= 11 is 0. The Labute approximate surface area is 210 Å². The van der Waals surface area contributed by atoms with Crippen LogP contribution in [0.2, 0.25) is 0 Å². The Morgan fingerprint density at radius 2 is 1.75 bits per heavy atom. The van der Waals surface area contributed by atoms with Gasteiger partial charge in [0.15, 0.2) is 12.4 Å². The predicted molar refractivity (Wildman–Crippen MR) is 136 cm³/mol. The monoisotopic (exact) mass is 483 g/mol. The lowest BCUT2D eigenvalue weighted by atomic mass is 9.77. The van der Waals surface area contributed by atoms with Crippen LogP contribution >= 0.6 is 0 Å². The fraction of sp³-hybridized carbons (Fsp3) is 0.310. The molecule has 2 fully saturated rings. The van der Waals surface area contributed by atoms with Crippen LogP contribution in [0.1, 0.15) is 23.5 Å². The quantitative estimate of drug-likeness (QED) is 0.595. The Bertz CT molecular complexity index is 1280. The minimum atomic E-state index is -0.201. The second kappa shape index (κ2) is 9.32. The normalized spacial score (nSPS) is 23.2. The first-order valence-corrected chi connectivity index (χ1v) is 12.5. The molecule has 0 bridgehead atoms. The Hall–Kier alpha value is -3.84. The number of carbonyl (C=O) groups is 2. The van der Waals surface area contributed by atoms with E-state index in [1.54, 1.807) is 9.80 Å². The average Bonchev–Trinajstić information content (AvgIpc) is 3.40. The Morgan fingerprint density at radius 1 is 1.00 bits per heavy atom. The summed E-state index contributed by atoms with van der Waals surface area (Å²) in [5, 5.41) is 3.40. The summed E-state index contributed by atoms with van der Waals surface area (Å²) in [5.74, 6) is 2.19. The van der Waals surface area contributed by atoms with Gasteiger partial charge in [0.05, 0.1) is 12.6 Å². The zero-order valence-corrected chi connectivity index (χ0v) is 20.2. The van der Waals surface area contributed by atoms with Gasteiger partial charge in [-0.05, 0) is 42.6 Å². The summed E-state index contributed by atoms with van der Waals surface area (Å²) < 4.78 is 12.5. The predicted octanol–water partition coefficient (Wildman–Crippen LogP) is 3.94. The lowest BCUT2D eigenvalue weighted by molar-refractivity contribution is -0.136. The van der Waals surface area contributed by atoms with Gasteiger partial charge >= 0.3 is 0 Å². The third kappa shape index (κ3) is 3.99. The molecule has 7 heteroatoms. The highest BCUT2D eigenvalue weighted by molar-refractivity contribution is 6.00. The molecule has 0 spiro atoms. The summed E-state index contributed by atoms with van der Waals surface area (Å²) in [6.45, 7) is 1.81. The van der Waals surface area contributed by atoms with Gasteiger partial charge in [-0.1, -0.05) is 54.6 Å². The minimum absolute atomic E-state index is 0.0146. The zero-order valence-electron chi connectivity index (χ0n) is 20.2. The smallest absolute Gasteiger partial charge is 0.265 e. The number of benzene rings is 3. The van der Waals surface area contributed by atoms with E-state index in [4.69, 9.17) is 9.47 Å². The second-order valence-corrected chi connectivity index (χ2v) is 9.71. The summed E-state index contributed by atoms with van der Waals surface area (Å²) in [7, 11) is 1.86. The van der Waals surface area contributed by atoms with E-state index in [9.17, 15) is 9.59 Å². The molecule has 0 aromatic heterocycles. The number of piperidine rings is 1.